The average molecular weight is 286 g/mol. The standard InChI is InChI=1S/C13H22N2O3S/c1-5-6-15(13(2,3)4)12(18)14-7-8-19-9-10(14)11(16)17/h5,10H,1,6-9H2,2-4H3,(H,16,17). The van der Waals surface area contributed by atoms with Gasteiger partial charge in [0.15, 0.2) is 0 Å². The summed E-state index contributed by atoms with van der Waals surface area (Å²) < 4.78 is 0. The minimum absolute atomic E-state index is 0.222. The van der Waals surface area contributed by atoms with E-state index in [4.69, 9.17) is 0 Å². The van der Waals surface area contributed by atoms with Crippen molar-refractivity contribution in [1.29, 1.82) is 0 Å². The van der Waals surface area contributed by atoms with Crippen LogP contribution in [0, 0.1) is 0 Å². The molecule has 1 atom stereocenters. The number of hydrogen-bond donors (Lipinski definition) is 1. The molecule has 0 saturated carbocycles. The predicted octanol–water partition coefficient (Wildman–Crippen LogP) is 1.89. The van der Waals surface area contributed by atoms with Gasteiger partial charge in [-0.25, -0.2) is 9.59 Å². The van der Waals surface area contributed by atoms with Crippen molar-refractivity contribution in [2.75, 3.05) is 24.6 Å². The minimum Gasteiger partial charge on any atom is -0.480 e. The Kier molecular flexibility index (Phi) is 5.29. The topological polar surface area (TPSA) is 60.9 Å². The monoisotopic (exact) mass is 286 g/mol. The molecule has 0 aromatic carbocycles. The Morgan fingerprint density at radius 3 is 2.63 bits per heavy atom. The molecule has 1 fully saturated rings. The number of amides is 2. The molecule has 1 N–H and O–H groups in total. The molecule has 0 aromatic rings. The van der Waals surface area contributed by atoms with Gasteiger partial charge in [0.25, 0.3) is 0 Å². The number of nitrogens with zero attached hydrogens (tertiary/aromatic N) is 2. The first-order valence-corrected chi connectivity index (χ1v) is 7.44. The number of thioether (sulfide) groups is 1. The highest BCUT2D eigenvalue weighted by molar-refractivity contribution is 7.99. The van der Waals surface area contributed by atoms with Gasteiger partial charge >= 0.3 is 12.0 Å². The van der Waals surface area contributed by atoms with Crippen LogP contribution in [0.1, 0.15) is 20.8 Å². The second-order valence-corrected chi connectivity index (χ2v) is 6.62. The molecule has 0 aliphatic carbocycles. The van der Waals surface area contributed by atoms with Crippen LogP contribution < -0.4 is 0 Å². The highest BCUT2D eigenvalue weighted by Crippen LogP contribution is 2.22. The third-order valence-electron chi connectivity index (χ3n) is 3.01. The van der Waals surface area contributed by atoms with Crippen LogP contribution in [0.15, 0.2) is 12.7 Å². The summed E-state index contributed by atoms with van der Waals surface area (Å²) >= 11 is 1.57. The molecule has 19 heavy (non-hydrogen) atoms. The Morgan fingerprint density at radius 2 is 2.16 bits per heavy atom. The van der Waals surface area contributed by atoms with E-state index in [2.05, 4.69) is 6.58 Å². The van der Waals surface area contributed by atoms with Crippen molar-refractivity contribution >= 4 is 23.8 Å². The van der Waals surface area contributed by atoms with Crippen LogP contribution in [0.3, 0.4) is 0 Å². The van der Waals surface area contributed by atoms with Crippen molar-refractivity contribution in [3.05, 3.63) is 12.7 Å². The molecular weight excluding hydrogens is 264 g/mol. The van der Waals surface area contributed by atoms with Crippen molar-refractivity contribution in [3.8, 4) is 0 Å². The summed E-state index contributed by atoms with van der Waals surface area (Å²) in [5.74, 6) is 0.294. The Bertz CT molecular complexity index is 365. The van der Waals surface area contributed by atoms with Crippen molar-refractivity contribution < 1.29 is 14.7 Å². The molecule has 1 heterocycles. The van der Waals surface area contributed by atoms with E-state index in [1.807, 2.05) is 20.8 Å². The van der Waals surface area contributed by atoms with E-state index < -0.39 is 12.0 Å². The van der Waals surface area contributed by atoms with Crippen LogP contribution in [0.2, 0.25) is 0 Å². The fourth-order valence-electron chi connectivity index (χ4n) is 1.96. The third-order valence-corrected chi connectivity index (χ3v) is 4.03. The largest absolute Gasteiger partial charge is 0.480 e. The molecule has 1 rings (SSSR count). The molecule has 0 bridgehead atoms. The van der Waals surface area contributed by atoms with Gasteiger partial charge in [0.2, 0.25) is 0 Å². The minimum atomic E-state index is -0.937. The van der Waals surface area contributed by atoms with Crippen molar-refractivity contribution in [1.82, 2.24) is 9.80 Å². The number of carboxylic acids is 1. The molecular formula is C13H22N2O3S. The zero-order valence-corrected chi connectivity index (χ0v) is 12.6. The number of carbonyl (C=O) groups excluding carboxylic acids is 1. The average Bonchev–Trinajstić information content (AvgIpc) is 2.33. The van der Waals surface area contributed by atoms with Gasteiger partial charge in [-0.1, -0.05) is 6.08 Å². The molecule has 5 nitrogen and oxygen atoms in total. The molecule has 6 heteroatoms. The first-order valence-electron chi connectivity index (χ1n) is 6.28. The SMILES string of the molecule is C=CCN(C(=O)N1CCSCC1C(=O)O)C(C)(C)C. The van der Waals surface area contributed by atoms with Gasteiger partial charge in [-0.05, 0) is 20.8 Å². The van der Waals surface area contributed by atoms with E-state index in [-0.39, 0.29) is 11.6 Å². The van der Waals surface area contributed by atoms with Crippen LogP contribution in [0.25, 0.3) is 0 Å². The number of carboxylic acid groups (broad SMARTS) is 1. The molecule has 0 aromatic heterocycles. The van der Waals surface area contributed by atoms with Crippen LogP contribution in [-0.2, 0) is 4.79 Å². The molecule has 108 valence electrons. The van der Waals surface area contributed by atoms with Crippen LogP contribution in [0.4, 0.5) is 4.79 Å². The third kappa shape index (κ3) is 3.89. The normalized spacial score (nSPS) is 19.9. The van der Waals surface area contributed by atoms with Gasteiger partial charge in [0.05, 0.1) is 0 Å². The Balaban J connectivity index is 2.93. The quantitative estimate of drug-likeness (QED) is 0.805. The summed E-state index contributed by atoms with van der Waals surface area (Å²) in [6.45, 7) is 10.4. The summed E-state index contributed by atoms with van der Waals surface area (Å²) in [5, 5.41) is 9.23. The van der Waals surface area contributed by atoms with Crippen LogP contribution >= 0.6 is 11.8 Å². The van der Waals surface area contributed by atoms with E-state index in [0.29, 0.717) is 18.8 Å². The van der Waals surface area contributed by atoms with Gasteiger partial charge in [-0.15, -0.1) is 6.58 Å². The summed E-state index contributed by atoms with van der Waals surface area (Å²) in [4.78, 5) is 27.0. The number of rotatable bonds is 3. The summed E-state index contributed by atoms with van der Waals surface area (Å²) in [5.41, 5.74) is -0.362. The number of hydrogen-bond acceptors (Lipinski definition) is 3. The fraction of sp³-hybridized carbons (Fsp3) is 0.692. The lowest BCUT2D eigenvalue weighted by Gasteiger charge is -2.41. The molecule has 1 aliphatic heterocycles. The zero-order chi connectivity index (χ0) is 14.6. The number of aliphatic carboxylic acids is 1. The maximum Gasteiger partial charge on any atom is 0.327 e. The lowest BCUT2D eigenvalue weighted by Crippen LogP contribution is -2.58. The van der Waals surface area contributed by atoms with Crippen molar-refractivity contribution in [3.63, 3.8) is 0 Å². The predicted molar refractivity (Wildman–Crippen MR) is 77.5 cm³/mol. The molecule has 1 saturated heterocycles. The molecule has 1 aliphatic rings. The number of urea groups is 1. The highest BCUT2D eigenvalue weighted by atomic mass is 32.2. The molecule has 2 amide bonds. The molecule has 1 unspecified atom stereocenters. The second-order valence-electron chi connectivity index (χ2n) is 5.48. The summed E-state index contributed by atoms with van der Waals surface area (Å²) in [6.07, 6.45) is 1.66. The lowest BCUT2D eigenvalue weighted by atomic mass is 10.1. The first kappa shape index (κ1) is 15.9. The summed E-state index contributed by atoms with van der Waals surface area (Å²) in [6, 6.07) is -0.957. The van der Waals surface area contributed by atoms with E-state index >= 15 is 0 Å². The maximum atomic E-state index is 12.6. The Morgan fingerprint density at radius 1 is 1.53 bits per heavy atom. The van der Waals surface area contributed by atoms with Crippen LogP contribution in [-0.4, -0.2) is 63.1 Å². The second kappa shape index (κ2) is 6.32. The molecule has 0 radical (unpaired) electrons. The van der Waals surface area contributed by atoms with E-state index in [0.717, 1.165) is 5.75 Å². The van der Waals surface area contributed by atoms with E-state index in [9.17, 15) is 14.7 Å². The summed E-state index contributed by atoms with van der Waals surface area (Å²) in [7, 11) is 0. The van der Waals surface area contributed by atoms with Crippen molar-refractivity contribution in [2.45, 2.75) is 32.4 Å². The maximum absolute atomic E-state index is 12.6. The Hall–Kier alpha value is -1.17. The van der Waals surface area contributed by atoms with Gasteiger partial charge in [0.1, 0.15) is 6.04 Å². The van der Waals surface area contributed by atoms with Crippen molar-refractivity contribution in [2.24, 2.45) is 0 Å². The van der Waals surface area contributed by atoms with E-state index in [1.54, 1.807) is 22.7 Å². The van der Waals surface area contributed by atoms with Gasteiger partial charge in [0, 0.05) is 30.1 Å². The fourth-order valence-corrected chi connectivity index (χ4v) is 3.00. The highest BCUT2D eigenvalue weighted by Gasteiger charge is 2.37. The van der Waals surface area contributed by atoms with Gasteiger partial charge < -0.3 is 14.9 Å². The smallest absolute Gasteiger partial charge is 0.327 e. The van der Waals surface area contributed by atoms with Gasteiger partial charge in [-0.2, -0.15) is 11.8 Å². The lowest BCUT2D eigenvalue weighted by molar-refractivity contribution is -0.141. The zero-order valence-electron chi connectivity index (χ0n) is 11.8. The van der Waals surface area contributed by atoms with E-state index in [1.165, 1.54) is 4.90 Å². The molecule has 0 spiro atoms. The Labute approximate surface area is 118 Å². The van der Waals surface area contributed by atoms with Crippen LogP contribution in [0.5, 0.6) is 0 Å². The first-order chi connectivity index (χ1) is 8.79. The number of carbonyl (C=O) groups is 2. The van der Waals surface area contributed by atoms with Gasteiger partial charge in [-0.3, -0.25) is 0 Å².